The molecule has 0 radical (unpaired) electrons. The van der Waals surface area contributed by atoms with Crippen molar-refractivity contribution >= 4 is 28.5 Å². The van der Waals surface area contributed by atoms with Crippen LogP contribution in [0.5, 0.6) is 0 Å². The molecule has 0 saturated carbocycles. The van der Waals surface area contributed by atoms with Crippen molar-refractivity contribution in [1.82, 2.24) is 4.90 Å². The van der Waals surface area contributed by atoms with Crippen LogP contribution in [-0.4, -0.2) is 29.1 Å². The Labute approximate surface area is 116 Å². The second kappa shape index (κ2) is 5.09. The summed E-state index contributed by atoms with van der Waals surface area (Å²) in [5, 5.41) is 5.97. The van der Waals surface area contributed by atoms with Gasteiger partial charge in [0.15, 0.2) is 5.17 Å². The molecule has 2 heterocycles. The average Bonchev–Trinajstić information content (AvgIpc) is 2.97. The van der Waals surface area contributed by atoms with E-state index in [0.29, 0.717) is 6.42 Å². The largest absolute Gasteiger partial charge is 0.326 e. The van der Waals surface area contributed by atoms with Crippen LogP contribution in [-0.2, 0) is 4.79 Å². The van der Waals surface area contributed by atoms with Crippen LogP contribution in [0.4, 0.5) is 5.69 Å². The van der Waals surface area contributed by atoms with E-state index < -0.39 is 0 Å². The predicted octanol–water partition coefficient (Wildman–Crippen LogP) is 2.58. The monoisotopic (exact) mass is 273 g/mol. The maximum absolute atomic E-state index is 12.0. The third-order valence-electron chi connectivity index (χ3n) is 3.13. The molecule has 1 aromatic rings. The summed E-state index contributed by atoms with van der Waals surface area (Å²) in [7, 11) is 0. The Kier molecular flexibility index (Phi) is 3.29. The van der Waals surface area contributed by atoms with Crippen LogP contribution < -0.4 is 5.32 Å². The van der Waals surface area contributed by atoms with Gasteiger partial charge in [-0.2, -0.15) is 0 Å². The van der Waals surface area contributed by atoms with Gasteiger partial charge in [0.25, 0.3) is 0 Å². The fourth-order valence-corrected chi connectivity index (χ4v) is 3.08. The van der Waals surface area contributed by atoms with Gasteiger partial charge in [-0.05, 0) is 24.5 Å². The van der Waals surface area contributed by atoms with E-state index in [9.17, 15) is 4.79 Å². The van der Waals surface area contributed by atoms with E-state index in [-0.39, 0.29) is 5.91 Å². The van der Waals surface area contributed by atoms with Gasteiger partial charge in [-0.25, -0.2) is 0 Å². The van der Waals surface area contributed by atoms with Gasteiger partial charge >= 0.3 is 0 Å². The number of thioether (sulfide) groups is 1. The molecule has 0 spiro atoms. The van der Waals surface area contributed by atoms with Crippen LogP contribution in [0.15, 0.2) is 40.4 Å². The molecule has 98 valence electrons. The number of fused-ring (bicyclic) bond motifs is 1. The Hall–Kier alpha value is -1.75. The molecule has 0 saturated heterocycles. The average molecular weight is 273 g/mol. The first-order valence-electron chi connectivity index (χ1n) is 6.26. The molecule has 2 aliphatic heterocycles. The van der Waals surface area contributed by atoms with Crippen molar-refractivity contribution in [3.63, 3.8) is 0 Å². The Morgan fingerprint density at radius 3 is 3.00 bits per heavy atom. The van der Waals surface area contributed by atoms with Crippen LogP contribution in [0.2, 0.25) is 0 Å². The molecule has 0 fully saturated rings. The summed E-state index contributed by atoms with van der Waals surface area (Å²) in [6, 6.07) is 7.83. The molecule has 19 heavy (non-hydrogen) atoms. The number of nitrogens with zero attached hydrogens (tertiary/aromatic N) is 2. The fourth-order valence-electron chi connectivity index (χ4n) is 2.12. The number of hydrogen-bond donors (Lipinski definition) is 1. The number of aryl methyl sites for hydroxylation is 1. The topological polar surface area (TPSA) is 44.7 Å². The van der Waals surface area contributed by atoms with E-state index >= 15 is 0 Å². The van der Waals surface area contributed by atoms with Crippen LogP contribution >= 0.6 is 11.8 Å². The minimum absolute atomic E-state index is 0.0175. The van der Waals surface area contributed by atoms with Crippen molar-refractivity contribution < 1.29 is 4.79 Å². The van der Waals surface area contributed by atoms with E-state index in [1.165, 1.54) is 5.56 Å². The zero-order valence-electron chi connectivity index (χ0n) is 10.7. The Morgan fingerprint density at radius 2 is 2.21 bits per heavy atom. The highest BCUT2D eigenvalue weighted by Gasteiger charge is 2.27. The minimum atomic E-state index is 0.0175. The first-order chi connectivity index (χ1) is 9.22. The van der Waals surface area contributed by atoms with Gasteiger partial charge in [-0.1, -0.05) is 29.5 Å². The van der Waals surface area contributed by atoms with Gasteiger partial charge in [0.1, 0.15) is 0 Å². The maximum Gasteiger partial charge on any atom is 0.230 e. The molecule has 0 atom stereocenters. The van der Waals surface area contributed by atoms with Crippen LogP contribution in [0.3, 0.4) is 0 Å². The lowest BCUT2D eigenvalue weighted by Crippen LogP contribution is -2.24. The molecule has 0 aliphatic carbocycles. The highest BCUT2D eigenvalue weighted by Crippen LogP contribution is 2.30. The third kappa shape index (κ3) is 2.66. The highest BCUT2D eigenvalue weighted by atomic mass is 32.2. The number of aliphatic imine (C=N–C) groups is 1. The molecule has 0 unspecified atom stereocenters. The third-order valence-corrected chi connectivity index (χ3v) is 4.08. The van der Waals surface area contributed by atoms with E-state index in [1.807, 2.05) is 36.6 Å². The van der Waals surface area contributed by atoms with Crippen LogP contribution in [0.25, 0.3) is 0 Å². The fraction of sp³-hybridized carbons (Fsp3) is 0.286. The molecule has 1 amide bonds. The minimum Gasteiger partial charge on any atom is -0.326 e. The first-order valence-corrected chi connectivity index (χ1v) is 7.14. The zero-order valence-corrected chi connectivity index (χ0v) is 11.5. The normalized spacial score (nSPS) is 17.0. The summed E-state index contributed by atoms with van der Waals surface area (Å²) in [5.41, 5.74) is 3.08. The van der Waals surface area contributed by atoms with E-state index in [4.69, 9.17) is 0 Å². The van der Waals surface area contributed by atoms with Crippen LogP contribution in [0, 0.1) is 6.92 Å². The van der Waals surface area contributed by atoms with E-state index in [0.717, 1.165) is 29.6 Å². The van der Waals surface area contributed by atoms with Crippen LogP contribution in [0.1, 0.15) is 12.0 Å². The molecule has 3 rings (SSSR count). The van der Waals surface area contributed by atoms with Gasteiger partial charge in [0.2, 0.25) is 5.91 Å². The number of carbonyl (C=O) groups excluding carboxylic acids is 1. The molecule has 5 heteroatoms. The quantitative estimate of drug-likeness (QED) is 0.920. The summed E-state index contributed by atoms with van der Waals surface area (Å²) >= 11 is 1.61. The van der Waals surface area contributed by atoms with Crippen molar-refractivity contribution in [3.8, 4) is 0 Å². The maximum atomic E-state index is 12.0. The van der Waals surface area contributed by atoms with Gasteiger partial charge in [-0.3, -0.25) is 9.79 Å². The SMILES string of the molecule is Cc1ccc(NC(=O)CC2=CSC3=NCCN23)cc1. The summed E-state index contributed by atoms with van der Waals surface area (Å²) in [4.78, 5) is 18.5. The zero-order chi connectivity index (χ0) is 13.2. The number of hydrogen-bond acceptors (Lipinski definition) is 4. The van der Waals surface area contributed by atoms with Crippen molar-refractivity contribution in [2.45, 2.75) is 13.3 Å². The summed E-state index contributed by atoms with van der Waals surface area (Å²) in [5.74, 6) is 0.0175. The summed E-state index contributed by atoms with van der Waals surface area (Å²) < 4.78 is 0. The van der Waals surface area contributed by atoms with Gasteiger partial charge in [0.05, 0.1) is 13.0 Å². The molecule has 4 nitrogen and oxygen atoms in total. The number of anilines is 1. The Balaban J connectivity index is 1.60. The number of amides is 1. The molecular weight excluding hydrogens is 258 g/mol. The lowest BCUT2D eigenvalue weighted by molar-refractivity contribution is -0.115. The van der Waals surface area contributed by atoms with E-state index in [2.05, 4.69) is 15.2 Å². The molecule has 1 N–H and O–H groups in total. The Bertz CT molecular complexity index is 563. The summed E-state index contributed by atoms with van der Waals surface area (Å²) in [6.07, 6.45) is 0.403. The molecule has 1 aromatic carbocycles. The van der Waals surface area contributed by atoms with Crippen molar-refractivity contribution in [1.29, 1.82) is 0 Å². The number of carbonyl (C=O) groups is 1. The number of benzene rings is 1. The second-order valence-electron chi connectivity index (χ2n) is 4.63. The number of amidine groups is 1. The highest BCUT2D eigenvalue weighted by molar-refractivity contribution is 8.16. The van der Waals surface area contributed by atoms with Gasteiger partial charge < -0.3 is 10.2 Å². The first kappa shape index (κ1) is 12.3. The van der Waals surface area contributed by atoms with Gasteiger partial charge in [0, 0.05) is 17.9 Å². The molecule has 0 aromatic heterocycles. The smallest absolute Gasteiger partial charge is 0.230 e. The number of nitrogens with one attached hydrogen (secondary N) is 1. The standard InChI is InChI=1S/C14H15N3OS/c1-10-2-4-11(5-3-10)16-13(18)8-12-9-19-14-15-6-7-17(12)14/h2-5,9H,6-8H2,1H3,(H,16,18). The molecule has 0 bridgehead atoms. The van der Waals surface area contributed by atoms with E-state index in [1.54, 1.807) is 11.8 Å². The second-order valence-corrected chi connectivity index (χ2v) is 5.47. The number of rotatable bonds is 3. The van der Waals surface area contributed by atoms with Crippen molar-refractivity contribution in [3.05, 3.63) is 40.9 Å². The molecule has 2 aliphatic rings. The van der Waals surface area contributed by atoms with Crippen molar-refractivity contribution in [2.24, 2.45) is 4.99 Å². The predicted molar refractivity (Wildman–Crippen MR) is 79.1 cm³/mol. The summed E-state index contributed by atoms with van der Waals surface area (Å²) in [6.45, 7) is 3.76. The molecular formula is C14H15N3OS. The Morgan fingerprint density at radius 1 is 1.42 bits per heavy atom. The van der Waals surface area contributed by atoms with Crippen molar-refractivity contribution in [2.75, 3.05) is 18.4 Å². The lowest BCUT2D eigenvalue weighted by atomic mass is 10.2. The lowest BCUT2D eigenvalue weighted by Gasteiger charge is -2.16. The van der Waals surface area contributed by atoms with Gasteiger partial charge in [-0.15, -0.1) is 0 Å².